The van der Waals surface area contributed by atoms with Gasteiger partial charge in [0.15, 0.2) is 0 Å². The first-order valence-corrected chi connectivity index (χ1v) is 6.42. The zero-order chi connectivity index (χ0) is 16.4. The molecule has 0 saturated carbocycles. The van der Waals surface area contributed by atoms with Gasteiger partial charge < -0.3 is 10.6 Å². The zero-order valence-corrected chi connectivity index (χ0v) is 12.0. The summed E-state index contributed by atoms with van der Waals surface area (Å²) in [5.41, 5.74) is -1.13. The predicted octanol–water partition coefficient (Wildman–Crippen LogP) is 1.02. The Labute approximate surface area is 120 Å². The molecule has 1 atom stereocenters. The average molecular weight is 309 g/mol. The summed E-state index contributed by atoms with van der Waals surface area (Å²) >= 11 is 0. The fourth-order valence-corrected chi connectivity index (χ4v) is 2.24. The van der Waals surface area contributed by atoms with Crippen molar-refractivity contribution in [2.75, 3.05) is 13.1 Å². The second kappa shape index (κ2) is 5.90. The molecule has 0 radical (unpaired) electrons. The second-order valence-electron chi connectivity index (χ2n) is 5.64. The molecule has 2 N–H and O–H groups in total. The summed E-state index contributed by atoms with van der Waals surface area (Å²) < 4.78 is 35.9. The van der Waals surface area contributed by atoms with Gasteiger partial charge in [-0.2, -0.15) is 13.2 Å². The van der Waals surface area contributed by atoms with E-state index < -0.39 is 42.7 Å². The maximum absolute atomic E-state index is 12.2. The summed E-state index contributed by atoms with van der Waals surface area (Å²) in [6, 6.07) is -0.773. The molecule has 0 unspecified atom stereocenters. The van der Waals surface area contributed by atoms with Crippen molar-refractivity contribution in [1.29, 1.82) is 0 Å². The number of nitrogens with zero attached hydrogens (tertiary/aromatic N) is 1. The van der Waals surface area contributed by atoms with E-state index in [1.165, 1.54) is 6.92 Å². The smallest absolute Gasteiger partial charge is 0.345 e. The van der Waals surface area contributed by atoms with E-state index >= 15 is 0 Å². The molecule has 0 aromatic rings. The van der Waals surface area contributed by atoms with Gasteiger partial charge in [0.05, 0.1) is 0 Å². The second-order valence-corrected chi connectivity index (χ2v) is 5.64. The van der Waals surface area contributed by atoms with Crippen molar-refractivity contribution in [3.05, 3.63) is 0 Å². The van der Waals surface area contributed by atoms with Crippen LogP contribution in [0.25, 0.3) is 0 Å². The SMILES string of the molecule is CC(C)C[C@@]1(C)NC(=O)N(CC(=O)NCC(F)(F)F)C1=O. The molecule has 9 heteroatoms. The van der Waals surface area contributed by atoms with E-state index in [9.17, 15) is 27.6 Å². The van der Waals surface area contributed by atoms with E-state index in [-0.39, 0.29) is 5.92 Å². The Morgan fingerprint density at radius 2 is 1.95 bits per heavy atom. The maximum atomic E-state index is 12.2. The van der Waals surface area contributed by atoms with Crippen LogP contribution in [-0.4, -0.2) is 47.6 Å². The Hall–Kier alpha value is -1.80. The number of carbonyl (C=O) groups excluding carboxylic acids is 3. The summed E-state index contributed by atoms with van der Waals surface area (Å²) in [6.45, 7) is 3.03. The summed E-state index contributed by atoms with van der Waals surface area (Å²) in [4.78, 5) is 35.9. The Morgan fingerprint density at radius 3 is 2.43 bits per heavy atom. The highest BCUT2D eigenvalue weighted by atomic mass is 19.4. The third kappa shape index (κ3) is 4.61. The molecule has 1 aliphatic heterocycles. The van der Waals surface area contributed by atoms with Gasteiger partial charge in [0.25, 0.3) is 5.91 Å². The zero-order valence-electron chi connectivity index (χ0n) is 12.0. The van der Waals surface area contributed by atoms with Gasteiger partial charge >= 0.3 is 12.2 Å². The maximum Gasteiger partial charge on any atom is 0.405 e. The molecule has 0 aromatic carbocycles. The quantitative estimate of drug-likeness (QED) is 0.744. The number of imide groups is 1. The molecule has 0 aromatic heterocycles. The van der Waals surface area contributed by atoms with E-state index in [1.807, 2.05) is 13.8 Å². The van der Waals surface area contributed by atoms with Crippen LogP contribution in [0.1, 0.15) is 27.2 Å². The van der Waals surface area contributed by atoms with Crippen LogP contribution in [-0.2, 0) is 9.59 Å². The Bertz CT molecular complexity index is 451. The molecule has 1 fully saturated rings. The van der Waals surface area contributed by atoms with Gasteiger partial charge in [-0.25, -0.2) is 4.79 Å². The van der Waals surface area contributed by atoms with Crippen LogP contribution in [0.5, 0.6) is 0 Å². The van der Waals surface area contributed by atoms with Crippen LogP contribution in [0, 0.1) is 5.92 Å². The predicted molar refractivity (Wildman–Crippen MR) is 67.2 cm³/mol. The van der Waals surface area contributed by atoms with Crippen molar-refractivity contribution in [1.82, 2.24) is 15.5 Å². The van der Waals surface area contributed by atoms with Crippen molar-refractivity contribution in [3.8, 4) is 0 Å². The number of carbonyl (C=O) groups is 3. The van der Waals surface area contributed by atoms with Crippen molar-refractivity contribution in [3.63, 3.8) is 0 Å². The highest BCUT2D eigenvalue weighted by molar-refractivity contribution is 6.08. The number of halogens is 3. The van der Waals surface area contributed by atoms with Crippen molar-refractivity contribution < 1.29 is 27.6 Å². The first-order chi connectivity index (χ1) is 9.44. The molecule has 0 bridgehead atoms. The first kappa shape index (κ1) is 17.3. The molecule has 6 nitrogen and oxygen atoms in total. The van der Waals surface area contributed by atoms with Crippen LogP contribution >= 0.6 is 0 Å². The number of hydrogen-bond donors (Lipinski definition) is 2. The number of rotatable bonds is 5. The number of alkyl halides is 3. The number of amides is 4. The Morgan fingerprint density at radius 1 is 1.38 bits per heavy atom. The summed E-state index contributed by atoms with van der Waals surface area (Å²) in [5, 5.41) is 4.10. The molecular weight excluding hydrogens is 291 g/mol. The minimum atomic E-state index is -4.54. The molecule has 1 rings (SSSR count). The van der Waals surface area contributed by atoms with E-state index in [1.54, 1.807) is 5.32 Å². The highest BCUT2D eigenvalue weighted by Crippen LogP contribution is 2.24. The largest absolute Gasteiger partial charge is 0.405 e. The molecule has 0 spiro atoms. The molecule has 120 valence electrons. The topological polar surface area (TPSA) is 78.5 Å². The summed E-state index contributed by atoms with van der Waals surface area (Å²) in [7, 11) is 0. The Balaban J connectivity index is 2.66. The highest BCUT2D eigenvalue weighted by Gasteiger charge is 2.48. The van der Waals surface area contributed by atoms with Crippen LogP contribution in [0.4, 0.5) is 18.0 Å². The van der Waals surface area contributed by atoms with Crippen LogP contribution in [0.2, 0.25) is 0 Å². The van der Waals surface area contributed by atoms with Gasteiger partial charge in [0.1, 0.15) is 18.6 Å². The lowest BCUT2D eigenvalue weighted by Gasteiger charge is -2.23. The lowest BCUT2D eigenvalue weighted by atomic mass is 9.91. The molecule has 21 heavy (non-hydrogen) atoms. The van der Waals surface area contributed by atoms with E-state index in [0.717, 1.165) is 0 Å². The normalized spacial score (nSPS) is 22.7. The summed E-state index contributed by atoms with van der Waals surface area (Å²) in [5.74, 6) is -1.52. The van der Waals surface area contributed by atoms with Crippen molar-refractivity contribution in [2.24, 2.45) is 5.92 Å². The van der Waals surface area contributed by atoms with Crippen molar-refractivity contribution >= 4 is 17.8 Å². The van der Waals surface area contributed by atoms with Gasteiger partial charge in [0, 0.05) is 0 Å². The minimum Gasteiger partial charge on any atom is -0.345 e. The molecule has 1 saturated heterocycles. The number of nitrogens with one attached hydrogen (secondary N) is 2. The van der Waals surface area contributed by atoms with E-state index in [4.69, 9.17) is 0 Å². The standard InChI is InChI=1S/C12H18F3N3O3/c1-7(2)4-11(3)9(20)18(10(21)17-11)5-8(19)16-6-12(13,14)15/h7H,4-6H2,1-3H3,(H,16,19)(H,17,21)/t11-/m1/s1. The third-order valence-electron chi connectivity index (χ3n) is 2.95. The first-order valence-electron chi connectivity index (χ1n) is 6.42. The lowest BCUT2D eigenvalue weighted by molar-refractivity contribution is -0.141. The van der Waals surface area contributed by atoms with Crippen LogP contribution in [0.3, 0.4) is 0 Å². The van der Waals surface area contributed by atoms with Gasteiger partial charge in [-0.1, -0.05) is 13.8 Å². The average Bonchev–Trinajstić information content (AvgIpc) is 2.48. The van der Waals surface area contributed by atoms with Crippen LogP contribution < -0.4 is 10.6 Å². The lowest BCUT2D eigenvalue weighted by Crippen LogP contribution is -2.46. The Kier molecular flexibility index (Phi) is 4.85. The van der Waals surface area contributed by atoms with Gasteiger partial charge in [0.2, 0.25) is 5.91 Å². The fourth-order valence-electron chi connectivity index (χ4n) is 2.24. The summed E-state index contributed by atoms with van der Waals surface area (Å²) in [6.07, 6.45) is -4.17. The van der Waals surface area contributed by atoms with Crippen LogP contribution in [0.15, 0.2) is 0 Å². The fraction of sp³-hybridized carbons (Fsp3) is 0.750. The van der Waals surface area contributed by atoms with Gasteiger partial charge in [-0.3, -0.25) is 14.5 Å². The molecule has 1 heterocycles. The van der Waals surface area contributed by atoms with Crippen molar-refractivity contribution in [2.45, 2.75) is 38.9 Å². The monoisotopic (exact) mass is 309 g/mol. The molecular formula is C12H18F3N3O3. The van der Waals surface area contributed by atoms with E-state index in [2.05, 4.69) is 5.32 Å². The minimum absolute atomic E-state index is 0.123. The molecule has 1 aliphatic rings. The van der Waals surface area contributed by atoms with Gasteiger partial charge in [-0.15, -0.1) is 0 Å². The number of urea groups is 1. The molecule has 4 amide bonds. The molecule has 0 aliphatic carbocycles. The number of hydrogen-bond acceptors (Lipinski definition) is 3. The third-order valence-corrected chi connectivity index (χ3v) is 2.95. The van der Waals surface area contributed by atoms with E-state index in [0.29, 0.717) is 11.3 Å². The van der Waals surface area contributed by atoms with Gasteiger partial charge in [-0.05, 0) is 19.3 Å².